The van der Waals surface area contributed by atoms with Gasteiger partial charge in [0.25, 0.3) is 0 Å². The molecule has 0 aliphatic heterocycles. The van der Waals surface area contributed by atoms with Crippen LogP contribution in [-0.2, 0) is 26.2 Å². The van der Waals surface area contributed by atoms with Gasteiger partial charge in [-0.1, -0.05) is 65.2 Å². The van der Waals surface area contributed by atoms with Crippen LogP contribution in [0.15, 0.2) is 11.1 Å². The first-order valence-electron chi connectivity index (χ1n) is 7.04. The summed E-state index contributed by atoms with van der Waals surface area (Å²) in [6, 6.07) is 0. The molecule has 0 aromatic rings. The monoisotopic (exact) mass is 378 g/mol. The zero-order valence-corrected chi connectivity index (χ0v) is 16.3. The molecule has 0 spiro atoms. The standard InChI is InChI=1S/2C8H13.2ClH.Zr/c2*1-2-5-8-6-3-4-7-8;;;/h2*2-6H2,1H3;2*1H;/q2*-1;;;+4/p-2. The third kappa shape index (κ3) is 12.4. The van der Waals surface area contributed by atoms with Crippen molar-refractivity contribution in [3.8, 4) is 0 Å². The molecule has 108 valence electrons. The number of rotatable bonds is 4. The second kappa shape index (κ2) is 17.0. The fourth-order valence-electron chi connectivity index (χ4n) is 2.34. The van der Waals surface area contributed by atoms with E-state index in [2.05, 4.69) is 26.0 Å². The van der Waals surface area contributed by atoms with Crippen molar-refractivity contribution in [2.75, 3.05) is 0 Å². The van der Waals surface area contributed by atoms with Gasteiger partial charge >= 0.3 is 26.2 Å². The first-order valence-corrected chi connectivity index (χ1v) is 7.04. The zero-order chi connectivity index (χ0) is 11.6. The average molecular weight is 381 g/mol. The van der Waals surface area contributed by atoms with E-state index in [4.69, 9.17) is 0 Å². The summed E-state index contributed by atoms with van der Waals surface area (Å²) in [7, 11) is 0. The summed E-state index contributed by atoms with van der Waals surface area (Å²) in [6.07, 6.45) is 19.7. The number of allylic oxidation sites excluding steroid dienone is 4. The Balaban J connectivity index is -0.000000233. The molecular weight excluding hydrogens is 354 g/mol. The molecule has 0 N–H and O–H groups in total. The predicted octanol–water partition coefficient (Wildman–Crippen LogP) is -0.595. The van der Waals surface area contributed by atoms with E-state index in [9.17, 15) is 0 Å². The van der Waals surface area contributed by atoms with Gasteiger partial charge in [0.15, 0.2) is 0 Å². The first kappa shape index (κ1) is 24.9. The van der Waals surface area contributed by atoms with E-state index in [1.165, 1.54) is 64.2 Å². The van der Waals surface area contributed by atoms with Gasteiger partial charge in [-0.05, 0) is 0 Å². The van der Waals surface area contributed by atoms with Crippen molar-refractivity contribution in [3.05, 3.63) is 23.3 Å². The van der Waals surface area contributed by atoms with Crippen molar-refractivity contribution in [2.45, 2.75) is 78.1 Å². The maximum absolute atomic E-state index is 3.37. The van der Waals surface area contributed by atoms with Crippen LogP contribution in [0.1, 0.15) is 78.1 Å². The Bertz CT molecular complexity index is 221. The van der Waals surface area contributed by atoms with Crippen molar-refractivity contribution in [3.63, 3.8) is 0 Å². The van der Waals surface area contributed by atoms with E-state index in [0.717, 1.165) is 0 Å². The van der Waals surface area contributed by atoms with Crippen LogP contribution < -0.4 is 24.8 Å². The van der Waals surface area contributed by atoms with Crippen LogP contribution >= 0.6 is 0 Å². The molecule has 0 saturated heterocycles. The van der Waals surface area contributed by atoms with Gasteiger partial charge in [-0.25, -0.2) is 0 Å². The molecule has 0 atom stereocenters. The normalized spacial score (nSPS) is 15.9. The fourth-order valence-corrected chi connectivity index (χ4v) is 2.34. The molecule has 0 radical (unpaired) electrons. The summed E-state index contributed by atoms with van der Waals surface area (Å²) in [6.45, 7) is 4.46. The topological polar surface area (TPSA) is 0 Å². The second-order valence-corrected chi connectivity index (χ2v) is 4.77. The Labute approximate surface area is 151 Å². The first-order chi connectivity index (χ1) is 7.86. The van der Waals surface area contributed by atoms with Crippen LogP contribution in [0.4, 0.5) is 0 Å². The van der Waals surface area contributed by atoms with Crippen LogP contribution in [0.2, 0.25) is 0 Å². The Morgan fingerprint density at radius 2 is 1.16 bits per heavy atom. The van der Waals surface area contributed by atoms with Gasteiger partial charge in [-0.15, -0.1) is 0 Å². The van der Waals surface area contributed by atoms with Crippen LogP contribution in [0.25, 0.3) is 0 Å². The second-order valence-electron chi connectivity index (χ2n) is 4.77. The Kier molecular flexibility index (Phi) is 22.3. The molecular formula is C16H26Cl2Zr. The SMILES string of the molecule is CCCC1=[C-]CCC1.CCCC1=[C-]CCC1.[Cl-].[Cl-].[Zr+4]. The summed E-state index contributed by atoms with van der Waals surface area (Å²) >= 11 is 0. The van der Waals surface area contributed by atoms with Crippen LogP contribution in [0, 0.1) is 12.2 Å². The molecule has 2 rings (SSSR count). The van der Waals surface area contributed by atoms with Crippen molar-refractivity contribution in [1.29, 1.82) is 0 Å². The molecule has 0 fully saturated rings. The molecule has 0 nitrogen and oxygen atoms in total. The van der Waals surface area contributed by atoms with E-state index < -0.39 is 0 Å². The molecule has 2 aliphatic rings. The Morgan fingerprint density at radius 3 is 1.37 bits per heavy atom. The molecule has 19 heavy (non-hydrogen) atoms. The minimum absolute atomic E-state index is 0. The quantitative estimate of drug-likeness (QED) is 0.572. The number of halogens is 2. The zero-order valence-electron chi connectivity index (χ0n) is 12.3. The third-order valence-electron chi connectivity index (χ3n) is 3.16. The summed E-state index contributed by atoms with van der Waals surface area (Å²) in [5, 5.41) is 0. The molecule has 0 aromatic carbocycles. The fraction of sp³-hybridized carbons (Fsp3) is 0.750. The molecule has 3 heteroatoms. The van der Waals surface area contributed by atoms with E-state index >= 15 is 0 Å². The number of hydrogen-bond donors (Lipinski definition) is 0. The van der Waals surface area contributed by atoms with Crippen LogP contribution in [0.5, 0.6) is 0 Å². The van der Waals surface area contributed by atoms with Crippen molar-refractivity contribution >= 4 is 0 Å². The van der Waals surface area contributed by atoms with Gasteiger partial charge in [0, 0.05) is 0 Å². The third-order valence-corrected chi connectivity index (χ3v) is 3.16. The molecule has 0 unspecified atom stereocenters. The van der Waals surface area contributed by atoms with Crippen molar-refractivity contribution in [2.24, 2.45) is 0 Å². The average Bonchev–Trinajstić information content (AvgIpc) is 2.92. The molecule has 0 bridgehead atoms. The maximum atomic E-state index is 3.37. The maximum Gasteiger partial charge on any atom is 4.00 e. The van der Waals surface area contributed by atoms with Gasteiger partial charge in [0.1, 0.15) is 0 Å². The summed E-state index contributed by atoms with van der Waals surface area (Å²) in [5.74, 6) is 0. The van der Waals surface area contributed by atoms with E-state index in [0.29, 0.717) is 0 Å². The summed E-state index contributed by atoms with van der Waals surface area (Å²) in [5.41, 5.74) is 3.15. The minimum Gasteiger partial charge on any atom is -1.00 e. The van der Waals surface area contributed by atoms with Gasteiger partial charge in [-0.2, -0.15) is 12.8 Å². The van der Waals surface area contributed by atoms with E-state index in [1.54, 1.807) is 11.1 Å². The molecule has 0 saturated carbocycles. The van der Waals surface area contributed by atoms with Crippen molar-refractivity contribution < 1.29 is 51.0 Å². The van der Waals surface area contributed by atoms with Gasteiger partial charge < -0.3 is 37.0 Å². The summed E-state index contributed by atoms with van der Waals surface area (Å²) in [4.78, 5) is 0. The summed E-state index contributed by atoms with van der Waals surface area (Å²) < 4.78 is 0. The van der Waals surface area contributed by atoms with Gasteiger partial charge in [0.05, 0.1) is 0 Å². The van der Waals surface area contributed by atoms with E-state index in [1.807, 2.05) is 0 Å². The number of hydrogen-bond acceptors (Lipinski definition) is 0. The van der Waals surface area contributed by atoms with Crippen molar-refractivity contribution in [1.82, 2.24) is 0 Å². The minimum atomic E-state index is 0. The van der Waals surface area contributed by atoms with Gasteiger partial charge in [-0.3, -0.25) is 11.1 Å². The molecule has 0 amide bonds. The Hall–Kier alpha value is 0.943. The van der Waals surface area contributed by atoms with E-state index in [-0.39, 0.29) is 51.0 Å². The predicted molar refractivity (Wildman–Crippen MR) is 71.0 cm³/mol. The molecule has 2 aliphatic carbocycles. The Morgan fingerprint density at radius 1 is 0.789 bits per heavy atom. The molecule has 0 heterocycles. The van der Waals surface area contributed by atoms with Crippen LogP contribution in [-0.4, -0.2) is 0 Å². The van der Waals surface area contributed by atoms with Gasteiger partial charge in [0.2, 0.25) is 0 Å². The smallest absolute Gasteiger partial charge is 1.00 e. The van der Waals surface area contributed by atoms with Crippen LogP contribution in [0.3, 0.4) is 0 Å². The largest absolute Gasteiger partial charge is 4.00 e. The molecule has 0 aromatic heterocycles.